The molecule has 5 nitrogen and oxygen atoms in total. The molecule has 0 aromatic carbocycles. The number of hydrogen-bond donors (Lipinski definition) is 1. The first kappa shape index (κ1) is 20.0. The molecule has 0 spiro atoms. The van der Waals surface area contributed by atoms with E-state index in [1.54, 1.807) is 0 Å². The van der Waals surface area contributed by atoms with Crippen LogP contribution in [0.4, 0.5) is 0 Å². The number of halogens is 1. The van der Waals surface area contributed by atoms with Crippen LogP contribution in [0, 0.1) is 0 Å². The van der Waals surface area contributed by atoms with Crippen molar-refractivity contribution >= 4 is 24.2 Å². The van der Waals surface area contributed by atoms with Gasteiger partial charge in [-0.15, -0.1) is 19.0 Å². The number of allylic oxidation sites excluding steroid dienone is 1. The fourth-order valence-corrected chi connectivity index (χ4v) is 3.22. The molecular formula is C17H30ClN3O2. The number of carbonyl (C=O) groups excluding carboxylic acids is 2. The normalized spacial score (nSPS) is 22.3. The molecule has 2 aliphatic rings. The summed E-state index contributed by atoms with van der Waals surface area (Å²) in [4.78, 5) is 28.7. The van der Waals surface area contributed by atoms with Crippen LogP contribution in [0.15, 0.2) is 12.7 Å². The van der Waals surface area contributed by atoms with Crippen LogP contribution in [0.5, 0.6) is 0 Å². The molecule has 2 saturated heterocycles. The smallest absolute Gasteiger partial charge is 0.240 e. The van der Waals surface area contributed by atoms with Gasteiger partial charge < -0.3 is 15.1 Å². The topological polar surface area (TPSA) is 52.7 Å². The van der Waals surface area contributed by atoms with Crippen LogP contribution in [0.1, 0.15) is 44.9 Å². The minimum absolute atomic E-state index is 0. The maximum absolute atomic E-state index is 12.5. The molecule has 1 N–H and O–H groups in total. The van der Waals surface area contributed by atoms with Crippen LogP contribution in [0.3, 0.4) is 0 Å². The highest BCUT2D eigenvalue weighted by atomic mass is 35.5. The van der Waals surface area contributed by atoms with Gasteiger partial charge in [-0.3, -0.25) is 9.59 Å². The quantitative estimate of drug-likeness (QED) is 0.592. The second-order valence-corrected chi connectivity index (χ2v) is 6.26. The standard InChI is InChI=1S/C17H29N3O2.ClH/c1-2-3-6-12-20-13-9-18-15(17(20)22)14-16(21)19-10-7-4-5-8-11-19;/h2,15,18H,1,3-14H2;1H. The Hall–Kier alpha value is -1.07. The van der Waals surface area contributed by atoms with Crippen molar-refractivity contribution in [3.05, 3.63) is 12.7 Å². The summed E-state index contributed by atoms with van der Waals surface area (Å²) < 4.78 is 0. The first-order valence-electron chi connectivity index (χ1n) is 8.63. The number of unbranched alkanes of at least 4 members (excludes halogenated alkanes) is 1. The minimum Gasteiger partial charge on any atom is -0.343 e. The lowest BCUT2D eigenvalue weighted by Gasteiger charge is -2.34. The molecular weight excluding hydrogens is 314 g/mol. The van der Waals surface area contributed by atoms with Crippen LogP contribution in [-0.2, 0) is 9.59 Å². The molecule has 0 aromatic rings. The van der Waals surface area contributed by atoms with Crippen molar-refractivity contribution in [2.45, 2.75) is 51.0 Å². The van der Waals surface area contributed by atoms with Crippen LogP contribution in [0.25, 0.3) is 0 Å². The summed E-state index contributed by atoms with van der Waals surface area (Å²) >= 11 is 0. The van der Waals surface area contributed by atoms with Gasteiger partial charge in [0.2, 0.25) is 11.8 Å². The van der Waals surface area contributed by atoms with Crippen LogP contribution < -0.4 is 5.32 Å². The van der Waals surface area contributed by atoms with Gasteiger partial charge >= 0.3 is 0 Å². The number of amides is 2. The summed E-state index contributed by atoms with van der Waals surface area (Å²) in [7, 11) is 0. The number of carbonyl (C=O) groups is 2. The SMILES string of the molecule is C=CCCCN1CCNC(CC(=O)N2CCCCCC2)C1=O.Cl. The third-order valence-corrected chi connectivity index (χ3v) is 4.56. The summed E-state index contributed by atoms with van der Waals surface area (Å²) in [5, 5.41) is 3.22. The van der Waals surface area contributed by atoms with E-state index in [0.29, 0.717) is 6.42 Å². The van der Waals surface area contributed by atoms with E-state index < -0.39 is 0 Å². The molecule has 0 aliphatic carbocycles. The number of rotatable bonds is 6. The lowest BCUT2D eigenvalue weighted by atomic mass is 10.1. The van der Waals surface area contributed by atoms with Crippen molar-refractivity contribution in [3.63, 3.8) is 0 Å². The van der Waals surface area contributed by atoms with Gasteiger partial charge in [0, 0.05) is 32.7 Å². The average Bonchev–Trinajstić information content (AvgIpc) is 2.80. The highest BCUT2D eigenvalue weighted by Gasteiger charge is 2.31. The van der Waals surface area contributed by atoms with Crippen molar-refractivity contribution in [2.24, 2.45) is 0 Å². The highest BCUT2D eigenvalue weighted by molar-refractivity contribution is 5.89. The molecule has 1 atom stereocenters. The molecule has 0 radical (unpaired) electrons. The summed E-state index contributed by atoms with van der Waals surface area (Å²) in [6.07, 6.45) is 8.65. The molecule has 0 aromatic heterocycles. The second-order valence-electron chi connectivity index (χ2n) is 6.26. The molecule has 132 valence electrons. The van der Waals surface area contributed by atoms with E-state index in [4.69, 9.17) is 0 Å². The zero-order valence-corrected chi connectivity index (χ0v) is 14.8. The molecule has 2 amide bonds. The Morgan fingerprint density at radius 3 is 2.57 bits per heavy atom. The number of piperazine rings is 1. The summed E-state index contributed by atoms with van der Waals surface area (Å²) in [6.45, 7) is 7.69. The third kappa shape index (κ3) is 6.15. The van der Waals surface area contributed by atoms with E-state index in [1.165, 1.54) is 12.8 Å². The Kier molecular flexibility index (Phi) is 9.26. The van der Waals surface area contributed by atoms with E-state index >= 15 is 0 Å². The molecule has 2 heterocycles. The fraction of sp³-hybridized carbons (Fsp3) is 0.765. The van der Waals surface area contributed by atoms with E-state index in [-0.39, 0.29) is 30.3 Å². The average molecular weight is 344 g/mol. The molecule has 23 heavy (non-hydrogen) atoms. The Labute approximate surface area is 145 Å². The minimum atomic E-state index is -0.340. The molecule has 2 rings (SSSR count). The maximum Gasteiger partial charge on any atom is 0.240 e. The van der Waals surface area contributed by atoms with Gasteiger partial charge in [-0.1, -0.05) is 18.9 Å². The lowest BCUT2D eigenvalue weighted by molar-refractivity contribution is -0.141. The van der Waals surface area contributed by atoms with Gasteiger partial charge in [0.25, 0.3) is 0 Å². The third-order valence-electron chi connectivity index (χ3n) is 4.56. The van der Waals surface area contributed by atoms with Crippen molar-refractivity contribution in [2.75, 3.05) is 32.7 Å². The number of nitrogens with one attached hydrogen (secondary N) is 1. The first-order valence-corrected chi connectivity index (χ1v) is 8.63. The number of nitrogens with zero attached hydrogens (tertiary/aromatic N) is 2. The van der Waals surface area contributed by atoms with Crippen molar-refractivity contribution in [1.29, 1.82) is 0 Å². The number of hydrogen-bond acceptors (Lipinski definition) is 3. The molecule has 2 fully saturated rings. The lowest BCUT2D eigenvalue weighted by Crippen LogP contribution is -2.56. The predicted octanol–water partition coefficient (Wildman–Crippen LogP) is 1.97. The Bertz CT molecular complexity index is 395. The van der Waals surface area contributed by atoms with Gasteiger partial charge in [0.05, 0.1) is 12.5 Å². The van der Waals surface area contributed by atoms with Gasteiger partial charge in [0.15, 0.2) is 0 Å². The van der Waals surface area contributed by atoms with E-state index in [2.05, 4.69) is 11.9 Å². The van der Waals surface area contributed by atoms with Crippen LogP contribution in [-0.4, -0.2) is 60.4 Å². The Morgan fingerprint density at radius 1 is 1.22 bits per heavy atom. The van der Waals surface area contributed by atoms with Crippen molar-refractivity contribution in [1.82, 2.24) is 15.1 Å². The maximum atomic E-state index is 12.5. The summed E-state index contributed by atoms with van der Waals surface area (Å²) in [5.74, 6) is 0.208. The molecule has 0 bridgehead atoms. The van der Waals surface area contributed by atoms with Crippen LogP contribution >= 0.6 is 12.4 Å². The molecule has 1 unspecified atom stereocenters. The fourth-order valence-electron chi connectivity index (χ4n) is 3.22. The van der Waals surface area contributed by atoms with Crippen LogP contribution in [0.2, 0.25) is 0 Å². The van der Waals surface area contributed by atoms with Crippen molar-refractivity contribution < 1.29 is 9.59 Å². The predicted molar refractivity (Wildman–Crippen MR) is 94.7 cm³/mol. The first-order chi connectivity index (χ1) is 10.7. The highest BCUT2D eigenvalue weighted by Crippen LogP contribution is 2.13. The van der Waals surface area contributed by atoms with E-state index in [0.717, 1.165) is 58.4 Å². The second kappa shape index (κ2) is 10.7. The van der Waals surface area contributed by atoms with Gasteiger partial charge in [-0.05, 0) is 25.7 Å². The molecule has 2 aliphatic heterocycles. The molecule has 0 saturated carbocycles. The van der Waals surface area contributed by atoms with Gasteiger partial charge in [-0.25, -0.2) is 0 Å². The largest absolute Gasteiger partial charge is 0.343 e. The molecule has 6 heteroatoms. The Morgan fingerprint density at radius 2 is 1.91 bits per heavy atom. The Balaban J connectivity index is 0.00000264. The van der Waals surface area contributed by atoms with Crippen molar-refractivity contribution in [3.8, 4) is 0 Å². The zero-order chi connectivity index (χ0) is 15.8. The number of likely N-dealkylation sites (tertiary alicyclic amines) is 1. The van der Waals surface area contributed by atoms with Gasteiger partial charge in [-0.2, -0.15) is 0 Å². The zero-order valence-electron chi connectivity index (χ0n) is 14.0. The summed E-state index contributed by atoms with van der Waals surface area (Å²) in [6, 6.07) is -0.340. The summed E-state index contributed by atoms with van der Waals surface area (Å²) in [5.41, 5.74) is 0. The van der Waals surface area contributed by atoms with Gasteiger partial charge in [0.1, 0.15) is 0 Å². The monoisotopic (exact) mass is 343 g/mol. The van der Waals surface area contributed by atoms with E-state index in [9.17, 15) is 9.59 Å². The van der Waals surface area contributed by atoms with E-state index in [1.807, 2.05) is 15.9 Å².